The first-order chi connectivity index (χ1) is 13.7. The van der Waals surface area contributed by atoms with Crippen molar-refractivity contribution in [3.63, 3.8) is 0 Å². The summed E-state index contributed by atoms with van der Waals surface area (Å²) in [4.78, 5) is 8.74. The van der Waals surface area contributed by atoms with Crippen LogP contribution in [0.3, 0.4) is 0 Å². The first-order valence-corrected chi connectivity index (χ1v) is 8.77. The van der Waals surface area contributed by atoms with Crippen LogP contribution in [0, 0.1) is 5.82 Å². The predicted molar refractivity (Wildman–Crippen MR) is 98.0 cm³/mol. The molecule has 0 amide bonds. The van der Waals surface area contributed by atoms with E-state index in [9.17, 15) is 4.39 Å². The van der Waals surface area contributed by atoms with Crippen LogP contribution < -0.4 is 4.74 Å². The molecule has 0 radical (unpaired) electrons. The largest absolute Gasteiger partial charge is 0.497 e. The lowest BCUT2D eigenvalue weighted by Gasteiger charge is -1.98. The van der Waals surface area contributed by atoms with Gasteiger partial charge in [-0.25, -0.2) is 4.39 Å². The second-order valence-corrected chi connectivity index (χ2v) is 6.11. The predicted octanol–water partition coefficient (Wildman–Crippen LogP) is 4.11. The molecule has 4 rings (SSSR count). The number of aromatic nitrogens is 4. The molecule has 8 heteroatoms. The van der Waals surface area contributed by atoms with Crippen LogP contribution in [0.4, 0.5) is 4.39 Å². The van der Waals surface area contributed by atoms with E-state index in [4.69, 9.17) is 13.8 Å². The van der Waals surface area contributed by atoms with Crippen molar-refractivity contribution in [1.82, 2.24) is 20.3 Å². The number of methoxy groups -OCH3 is 1. The normalized spacial score (nSPS) is 10.9. The maximum absolute atomic E-state index is 13.0. The van der Waals surface area contributed by atoms with Gasteiger partial charge in [-0.3, -0.25) is 0 Å². The van der Waals surface area contributed by atoms with Crippen LogP contribution in [-0.2, 0) is 12.8 Å². The zero-order valence-electron chi connectivity index (χ0n) is 15.1. The molecule has 0 aliphatic carbocycles. The van der Waals surface area contributed by atoms with Gasteiger partial charge < -0.3 is 13.8 Å². The van der Waals surface area contributed by atoms with Crippen LogP contribution in [0.1, 0.15) is 18.2 Å². The summed E-state index contributed by atoms with van der Waals surface area (Å²) in [5, 5.41) is 7.94. The molecule has 2 aromatic carbocycles. The topological polar surface area (TPSA) is 87.1 Å². The molecule has 0 aliphatic rings. The third kappa shape index (κ3) is 4.06. The molecule has 0 fully saturated rings. The van der Waals surface area contributed by atoms with E-state index in [0.717, 1.165) is 17.7 Å². The third-order valence-corrected chi connectivity index (χ3v) is 4.17. The number of aryl methyl sites for hydroxylation is 2. The zero-order valence-corrected chi connectivity index (χ0v) is 15.1. The number of nitrogens with zero attached hydrogens (tertiary/aromatic N) is 4. The van der Waals surface area contributed by atoms with Crippen LogP contribution in [0.5, 0.6) is 5.75 Å². The van der Waals surface area contributed by atoms with Crippen molar-refractivity contribution in [2.45, 2.75) is 19.3 Å². The van der Waals surface area contributed by atoms with E-state index in [1.807, 2.05) is 24.3 Å². The molecule has 0 unspecified atom stereocenters. The Morgan fingerprint density at radius 3 is 1.79 bits per heavy atom. The Kier molecular flexibility index (Phi) is 5.09. The van der Waals surface area contributed by atoms with Crippen molar-refractivity contribution in [2.24, 2.45) is 0 Å². The van der Waals surface area contributed by atoms with Gasteiger partial charge in [0, 0.05) is 24.0 Å². The minimum Gasteiger partial charge on any atom is -0.497 e. The third-order valence-electron chi connectivity index (χ3n) is 4.17. The van der Waals surface area contributed by atoms with Gasteiger partial charge in [-0.1, -0.05) is 10.3 Å². The molecule has 0 bridgehead atoms. The van der Waals surface area contributed by atoms with Gasteiger partial charge in [-0.2, -0.15) is 9.97 Å². The van der Waals surface area contributed by atoms with Crippen LogP contribution in [-0.4, -0.2) is 27.4 Å². The van der Waals surface area contributed by atoms with Gasteiger partial charge in [0.05, 0.1) is 7.11 Å². The Hall–Kier alpha value is -3.55. The van der Waals surface area contributed by atoms with Crippen molar-refractivity contribution in [1.29, 1.82) is 0 Å². The Balaban J connectivity index is 1.33. The standard InChI is InChI=1S/C20H17FN4O3/c1-26-16-11-7-14(8-12-16)20-23-18(28-25-20)4-2-3-17-22-19(24-27-17)13-5-9-15(21)10-6-13/h5-12H,2-4H2,1H3. The summed E-state index contributed by atoms with van der Waals surface area (Å²) >= 11 is 0. The summed E-state index contributed by atoms with van der Waals surface area (Å²) in [6.07, 6.45) is 1.89. The van der Waals surface area contributed by atoms with Crippen molar-refractivity contribution >= 4 is 0 Å². The second-order valence-electron chi connectivity index (χ2n) is 6.11. The molecule has 142 valence electrons. The summed E-state index contributed by atoms with van der Waals surface area (Å²) in [6, 6.07) is 13.4. The average Bonchev–Trinajstić information content (AvgIpc) is 3.39. The maximum atomic E-state index is 13.0. The fourth-order valence-corrected chi connectivity index (χ4v) is 2.68. The number of ether oxygens (including phenoxy) is 1. The number of rotatable bonds is 7. The maximum Gasteiger partial charge on any atom is 0.226 e. The molecule has 7 nitrogen and oxygen atoms in total. The number of halogens is 1. The van der Waals surface area contributed by atoms with Gasteiger partial charge in [0.2, 0.25) is 23.4 Å². The molecule has 0 spiro atoms. The first-order valence-electron chi connectivity index (χ1n) is 8.77. The molecule has 0 aliphatic heterocycles. The molecule has 0 saturated heterocycles. The Morgan fingerprint density at radius 1 is 0.786 bits per heavy atom. The summed E-state index contributed by atoms with van der Waals surface area (Å²) in [6.45, 7) is 0. The minimum absolute atomic E-state index is 0.305. The van der Waals surface area contributed by atoms with E-state index in [-0.39, 0.29) is 5.82 Å². The van der Waals surface area contributed by atoms with E-state index >= 15 is 0 Å². The van der Waals surface area contributed by atoms with Crippen molar-refractivity contribution in [3.8, 4) is 28.5 Å². The highest BCUT2D eigenvalue weighted by Gasteiger charge is 2.11. The van der Waals surface area contributed by atoms with Crippen molar-refractivity contribution < 1.29 is 18.2 Å². The minimum atomic E-state index is -0.305. The van der Waals surface area contributed by atoms with E-state index in [2.05, 4.69) is 20.3 Å². The Labute approximate surface area is 160 Å². The molecule has 4 aromatic rings. The van der Waals surface area contributed by atoms with Gasteiger partial charge in [0.1, 0.15) is 11.6 Å². The monoisotopic (exact) mass is 380 g/mol. The lowest BCUT2D eigenvalue weighted by atomic mass is 10.2. The first kappa shape index (κ1) is 17.8. The van der Waals surface area contributed by atoms with Crippen LogP contribution in [0.15, 0.2) is 57.6 Å². The van der Waals surface area contributed by atoms with Gasteiger partial charge in [-0.15, -0.1) is 0 Å². The summed E-state index contributed by atoms with van der Waals surface area (Å²) in [5.41, 5.74) is 1.56. The fourth-order valence-electron chi connectivity index (χ4n) is 2.68. The highest BCUT2D eigenvalue weighted by molar-refractivity contribution is 5.55. The lowest BCUT2D eigenvalue weighted by Crippen LogP contribution is -1.91. The molecule has 0 atom stereocenters. The Morgan fingerprint density at radius 2 is 1.29 bits per heavy atom. The highest BCUT2D eigenvalue weighted by atomic mass is 19.1. The zero-order chi connectivity index (χ0) is 19.3. The SMILES string of the molecule is COc1ccc(-c2noc(CCCc3nc(-c4ccc(F)cc4)no3)n2)cc1. The molecular formula is C20H17FN4O3. The molecule has 2 heterocycles. The molecule has 0 N–H and O–H groups in total. The molecular weight excluding hydrogens is 363 g/mol. The summed E-state index contributed by atoms with van der Waals surface area (Å²) in [5.74, 6) is 2.50. The molecule has 0 saturated carbocycles. The quantitative estimate of drug-likeness (QED) is 0.477. The number of hydrogen-bond acceptors (Lipinski definition) is 7. The van der Waals surface area contributed by atoms with Crippen LogP contribution >= 0.6 is 0 Å². The average molecular weight is 380 g/mol. The molecule has 28 heavy (non-hydrogen) atoms. The second kappa shape index (κ2) is 7.99. The van der Waals surface area contributed by atoms with Gasteiger partial charge in [0.15, 0.2) is 0 Å². The van der Waals surface area contributed by atoms with E-state index in [0.29, 0.717) is 41.8 Å². The van der Waals surface area contributed by atoms with Crippen molar-refractivity contribution in [2.75, 3.05) is 7.11 Å². The number of hydrogen-bond donors (Lipinski definition) is 0. The van der Waals surface area contributed by atoms with E-state index in [1.54, 1.807) is 19.2 Å². The summed E-state index contributed by atoms with van der Waals surface area (Å²) < 4.78 is 28.7. The van der Waals surface area contributed by atoms with Crippen LogP contribution in [0.25, 0.3) is 22.8 Å². The number of benzene rings is 2. The fraction of sp³-hybridized carbons (Fsp3) is 0.200. The van der Waals surface area contributed by atoms with Gasteiger partial charge >= 0.3 is 0 Å². The summed E-state index contributed by atoms with van der Waals surface area (Å²) in [7, 11) is 1.62. The lowest BCUT2D eigenvalue weighted by molar-refractivity contribution is 0.360. The highest BCUT2D eigenvalue weighted by Crippen LogP contribution is 2.20. The van der Waals surface area contributed by atoms with Gasteiger partial charge in [0.25, 0.3) is 0 Å². The van der Waals surface area contributed by atoms with Crippen LogP contribution in [0.2, 0.25) is 0 Å². The van der Waals surface area contributed by atoms with E-state index < -0.39 is 0 Å². The Bertz CT molecular complexity index is 1040. The smallest absolute Gasteiger partial charge is 0.226 e. The van der Waals surface area contributed by atoms with Gasteiger partial charge in [-0.05, 0) is 55.0 Å². The van der Waals surface area contributed by atoms with E-state index in [1.165, 1.54) is 12.1 Å². The molecule has 2 aromatic heterocycles. The van der Waals surface area contributed by atoms with Crippen molar-refractivity contribution in [3.05, 3.63) is 66.1 Å².